The lowest BCUT2D eigenvalue weighted by molar-refractivity contribution is 0.866. The average molecular weight is 325 g/mol. The van der Waals surface area contributed by atoms with Gasteiger partial charge in [-0.2, -0.15) is 0 Å². The van der Waals surface area contributed by atoms with Crippen LogP contribution in [0, 0.1) is 0 Å². The van der Waals surface area contributed by atoms with Crippen molar-refractivity contribution in [2.24, 2.45) is 5.73 Å². The number of halogens is 2. The fraction of sp³-hybridized carbons (Fsp3) is 0.200. The Bertz CT molecular complexity index is 554. The molecular formula is C15H15BrClN. The molecule has 2 rings (SSSR count). The Labute approximate surface area is 121 Å². The van der Waals surface area contributed by atoms with E-state index in [0.717, 1.165) is 22.0 Å². The van der Waals surface area contributed by atoms with E-state index < -0.39 is 0 Å². The molecule has 0 radical (unpaired) electrons. The van der Waals surface area contributed by atoms with Crippen LogP contribution >= 0.6 is 27.5 Å². The van der Waals surface area contributed by atoms with Gasteiger partial charge in [-0.3, -0.25) is 0 Å². The molecule has 0 aliphatic heterocycles. The zero-order chi connectivity index (χ0) is 13.1. The summed E-state index contributed by atoms with van der Waals surface area (Å²) in [6, 6.07) is 13.9. The van der Waals surface area contributed by atoms with Gasteiger partial charge in [-0.15, -0.1) is 0 Å². The molecule has 0 saturated heterocycles. The lowest BCUT2D eigenvalue weighted by atomic mass is 9.97. The van der Waals surface area contributed by atoms with Gasteiger partial charge in [0.25, 0.3) is 0 Å². The third-order valence-electron chi connectivity index (χ3n) is 3.01. The molecule has 0 saturated carbocycles. The van der Waals surface area contributed by atoms with Crippen LogP contribution in [0.2, 0.25) is 5.02 Å². The van der Waals surface area contributed by atoms with E-state index in [-0.39, 0.29) is 6.04 Å². The third-order valence-corrected chi connectivity index (χ3v) is 3.85. The molecule has 0 fully saturated rings. The van der Waals surface area contributed by atoms with Gasteiger partial charge >= 0.3 is 0 Å². The summed E-state index contributed by atoms with van der Waals surface area (Å²) >= 11 is 9.66. The molecule has 0 spiro atoms. The van der Waals surface area contributed by atoms with Crippen molar-refractivity contribution < 1.29 is 0 Å². The molecule has 3 heteroatoms. The molecule has 94 valence electrons. The minimum absolute atomic E-state index is 0.193. The average Bonchev–Trinajstić information content (AvgIpc) is 2.41. The lowest BCUT2D eigenvalue weighted by Crippen LogP contribution is -2.12. The van der Waals surface area contributed by atoms with Crippen molar-refractivity contribution in [1.82, 2.24) is 0 Å². The number of nitrogens with two attached hydrogens (primary N) is 1. The van der Waals surface area contributed by atoms with Crippen molar-refractivity contribution >= 4 is 27.5 Å². The van der Waals surface area contributed by atoms with Gasteiger partial charge in [0.05, 0.1) is 6.04 Å². The summed E-state index contributed by atoms with van der Waals surface area (Å²) in [5, 5.41) is 0.701. The first-order valence-electron chi connectivity index (χ1n) is 5.91. The van der Waals surface area contributed by atoms with E-state index >= 15 is 0 Å². The Hall–Kier alpha value is -0.830. The highest BCUT2D eigenvalue weighted by atomic mass is 79.9. The molecule has 0 aromatic heterocycles. The van der Waals surface area contributed by atoms with Crippen LogP contribution in [0.5, 0.6) is 0 Å². The molecule has 0 amide bonds. The van der Waals surface area contributed by atoms with E-state index in [4.69, 9.17) is 17.3 Å². The normalized spacial score (nSPS) is 12.4. The predicted molar refractivity (Wildman–Crippen MR) is 81.0 cm³/mol. The highest BCUT2D eigenvalue weighted by Crippen LogP contribution is 2.29. The monoisotopic (exact) mass is 323 g/mol. The standard InChI is InChI=1S/C15H15BrClN/c1-2-10-4-3-5-11(8-10)15(18)13-9-12(16)6-7-14(13)17/h3-9,15H,2,18H2,1H3. The SMILES string of the molecule is CCc1cccc(C(N)c2cc(Br)ccc2Cl)c1. The van der Waals surface area contributed by atoms with Crippen molar-refractivity contribution in [1.29, 1.82) is 0 Å². The van der Waals surface area contributed by atoms with Crippen molar-refractivity contribution in [3.8, 4) is 0 Å². The summed E-state index contributed by atoms with van der Waals surface area (Å²) in [6.45, 7) is 2.14. The van der Waals surface area contributed by atoms with E-state index in [1.807, 2.05) is 30.3 Å². The maximum Gasteiger partial charge on any atom is 0.0566 e. The highest BCUT2D eigenvalue weighted by Gasteiger charge is 2.13. The summed E-state index contributed by atoms with van der Waals surface area (Å²) in [4.78, 5) is 0. The Balaban J connectivity index is 2.40. The van der Waals surface area contributed by atoms with Crippen molar-refractivity contribution in [3.05, 3.63) is 68.7 Å². The van der Waals surface area contributed by atoms with Gasteiger partial charge in [-0.25, -0.2) is 0 Å². The Kier molecular flexibility index (Phi) is 4.44. The Morgan fingerprint density at radius 3 is 2.72 bits per heavy atom. The zero-order valence-electron chi connectivity index (χ0n) is 10.2. The summed E-state index contributed by atoms with van der Waals surface area (Å²) in [7, 11) is 0. The maximum absolute atomic E-state index is 6.30. The van der Waals surface area contributed by atoms with Crippen molar-refractivity contribution in [3.63, 3.8) is 0 Å². The predicted octanol–water partition coefficient (Wildman–Crippen LogP) is 4.71. The summed E-state index contributed by atoms with van der Waals surface area (Å²) in [6.07, 6.45) is 1.01. The van der Waals surface area contributed by atoms with Gasteiger partial charge in [-0.1, -0.05) is 58.7 Å². The molecule has 2 aromatic carbocycles. The third kappa shape index (κ3) is 2.94. The Morgan fingerprint density at radius 2 is 2.00 bits per heavy atom. The topological polar surface area (TPSA) is 26.0 Å². The first kappa shape index (κ1) is 13.6. The molecular weight excluding hydrogens is 310 g/mol. The molecule has 1 atom stereocenters. The first-order chi connectivity index (χ1) is 8.61. The van der Waals surface area contributed by atoms with Gasteiger partial charge in [0, 0.05) is 9.50 Å². The number of rotatable bonds is 3. The summed E-state index contributed by atoms with van der Waals surface area (Å²) in [5.74, 6) is 0. The zero-order valence-corrected chi connectivity index (χ0v) is 12.5. The van der Waals surface area contributed by atoms with Crippen LogP contribution < -0.4 is 5.73 Å². The van der Waals surface area contributed by atoms with E-state index in [1.165, 1.54) is 5.56 Å². The second kappa shape index (κ2) is 5.87. The molecule has 0 aliphatic carbocycles. The summed E-state index contributed by atoms with van der Waals surface area (Å²) in [5.41, 5.74) is 9.63. The quantitative estimate of drug-likeness (QED) is 0.869. The maximum atomic E-state index is 6.30. The molecule has 0 bridgehead atoms. The highest BCUT2D eigenvalue weighted by molar-refractivity contribution is 9.10. The lowest BCUT2D eigenvalue weighted by Gasteiger charge is -2.15. The minimum atomic E-state index is -0.193. The fourth-order valence-electron chi connectivity index (χ4n) is 1.94. The van der Waals surface area contributed by atoms with Crippen molar-refractivity contribution in [2.75, 3.05) is 0 Å². The molecule has 2 N–H and O–H groups in total. The molecule has 0 heterocycles. The number of hydrogen-bond acceptors (Lipinski definition) is 1. The van der Waals surface area contributed by atoms with Gasteiger partial charge in [-0.05, 0) is 41.3 Å². The minimum Gasteiger partial charge on any atom is -0.320 e. The van der Waals surface area contributed by atoms with Crippen LogP contribution in [-0.4, -0.2) is 0 Å². The van der Waals surface area contributed by atoms with Crippen LogP contribution in [0.25, 0.3) is 0 Å². The van der Waals surface area contributed by atoms with Crippen LogP contribution in [0.4, 0.5) is 0 Å². The largest absolute Gasteiger partial charge is 0.320 e. The van der Waals surface area contributed by atoms with Gasteiger partial charge in [0.15, 0.2) is 0 Å². The van der Waals surface area contributed by atoms with Crippen LogP contribution in [-0.2, 0) is 6.42 Å². The van der Waals surface area contributed by atoms with E-state index in [2.05, 4.69) is 35.0 Å². The Morgan fingerprint density at radius 1 is 1.22 bits per heavy atom. The van der Waals surface area contributed by atoms with E-state index in [9.17, 15) is 0 Å². The molecule has 1 nitrogen and oxygen atoms in total. The molecule has 1 unspecified atom stereocenters. The van der Waals surface area contributed by atoms with E-state index in [0.29, 0.717) is 5.02 Å². The molecule has 0 aliphatic rings. The van der Waals surface area contributed by atoms with Gasteiger partial charge in [0.1, 0.15) is 0 Å². The van der Waals surface area contributed by atoms with Gasteiger partial charge in [0.2, 0.25) is 0 Å². The first-order valence-corrected chi connectivity index (χ1v) is 7.08. The number of aryl methyl sites for hydroxylation is 1. The number of benzene rings is 2. The second-order valence-electron chi connectivity index (χ2n) is 4.24. The smallest absolute Gasteiger partial charge is 0.0566 e. The van der Waals surface area contributed by atoms with Crippen LogP contribution in [0.3, 0.4) is 0 Å². The van der Waals surface area contributed by atoms with E-state index in [1.54, 1.807) is 0 Å². The van der Waals surface area contributed by atoms with Crippen molar-refractivity contribution in [2.45, 2.75) is 19.4 Å². The second-order valence-corrected chi connectivity index (χ2v) is 5.56. The molecule has 18 heavy (non-hydrogen) atoms. The number of hydrogen-bond donors (Lipinski definition) is 1. The molecule has 2 aromatic rings. The fourth-order valence-corrected chi connectivity index (χ4v) is 2.55. The van der Waals surface area contributed by atoms with Crippen LogP contribution in [0.15, 0.2) is 46.9 Å². The van der Waals surface area contributed by atoms with Crippen LogP contribution in [0.1, 0.15) is 29.7 Å². The summed E-state index contributed by atoms with van der Waals surface area (Å²) < 4.78 is 0.990. The van der Waals surface area contributed by atoms with Gasteiger partial charge < -0.3 is 5.73 Å².